The molecule has 0 saturated heterocycles. The average Bonchev–Trinajstić information content (AvgIpc) is 2.26. The van der Waals surface area contributed by atoms with E-state index in [4.69, 9.17) is 5.73 Å². The Balaban J connectivity index is 2.44. The maximum Gasteiger partial charge on any atom is 0.0563 e. The summed E-state index contributed by atoms with van der Waals surface area (Å²) in [5.41, 5.74) is 11.1. The van der Waals surface area contributed by atoms with Gasteiger partial charge in [0.1, 0.15) is 0 Å². The number of hydrogen-bond acceptors (Lipinski definition) is 1. The van der Waals surface area contributed by atoms with Crippen molar-refractivity contribution in [3.63, 3.8) is 0 Å². The van der Waals surface area contributed by atoms with Crippen molar-refractivity contribution in [3.8, 4) is 0 Å². The van der Waals surface area contributed by atoms with Gasteiger partial charge in [-0.3, -0.25) is 0 Å². The lowest BCUT2D eigenvalue weighted by molar-refractivity contribution is 0.862. The first-order chi connectivity index (χ1) is 8.47. The molecule has 2 aromatic carbocycles. The lowest BCUT2D eigenvalue weighted by Crippen LogP contribution is -2.13. The highest BCUT2D eigenvalue weighted by atomic mass is 79.9. The van der Waals surface area contributed by atoms with Gasteiger partial charge in [0.25, 0.3) is 0 Å². The Kier molecular flexibility index (Phi) is 4.25. The molecule has 0 aliphatic carbocycles. The lowest BCUT2D eigenvalue weighted by Gasteiger charge is -2.16. The largest absolute Gasteiger partial charge is 0.320 e. The Morgan fingerprint density at radius 2 is 1.56 bits per heavy atom. The first-order valence-electron chi connectivity index (χ1n) is 5.76. The van der Waals surface area contributed by atoms with Gasteiger partial charge < -0.3 is 5.73 Å². The van der Waals surface area contributed by atoms with E-state index in [0.29, 0.717) is 0 Å². The predicted octanol–water partition coefficient (Wildman–Crippen LogP) is 4.88. The summed E-state index contributed by atoms with van der Waals surface area (Å²) in [5, 5.41) is 0. The lowest BCUT2D eigenvalue weighted by atomic mass is 9.96. The molecule has 0 heterocycles. The van der Waals surface area contributed by atoms with Gasteiger partial charge in [-0.25, -0.2) is 0 Å². The van der Waals surface area contributed by atoms with Crippen molar-refractivity contribution < 1.29 is 0 Å². The van der Waals surface area contributed by atoms with Crippen LogP contribution in [-0.2, 0) is 0 Å². The van der Waals surface area contributed by atoms with Crippen molar-refractivity contribution >= 4 is 31.9 Å². The normalized spacial score (nSPS) is 12.5. The summed E-state index contributed by atoms with van der Waals surface area (Å²) in [7, 11) is 0. The van der Waals surface area contributed by atoms with Crippen LogP contribution in [0.3, 0.4) is 0 Å². The molecule has 0 aliphatic rings. The highest BCUT2D eigenvalue weighted by Crippen LogP contribution is 2.30. The van der Waals surface area contributed by atoms with Crippen LogP contribution in [0.2, 0.25) is 0 Å². The van der Waals surface area contributed by atoms with Gasteiger partial charge in [-0.15, -0.1) is 0 Å². The van der Waals surface area contributed by atoms with Crippen LogP contribution < -0.4 is 5.73 Å². The van der Waals surface area contributed by atoms with Crippen molar-refractivity contribution in [1.29, 1.82) is 0 Å². The molecule has 18 heavy (non-hydrogen) atoms. The van der Waals surface area contributed by atoms with Crippen LogP contribution >= 0.6 is 31.9 Å². The standard InChI is InChI=1S/C15H15Br2N/c1-9-5-10(2)7-11(6-9)15(18)13-4-3-12(16)8-14(13)17/h3-8,15H,18H2,1-2H3. The van der Waals surface area contributed by atoms with Gasteiger partial charge in [-0.05, 0) is 37.1 Å². The summed E-state index contributed by atoms with van der Waals surface area (Å²) < 4.78 is 2.08. The minimum Gasteiger partial charge on any atom is -0.320 e. The molecule has 94 valence electrons. The number of hydrogen-bond donors (Lipinski definition) is 1. The molecule has 0 aliphatic heterocycles. The zero-order valence-electron chi connectivity index (χ0n) is 10.4. The van der Waals surface area contributed by atoms with Gasteiger partial charge in [0.15, 0.2) is 0 Å². The molecule has 1 unspecified atom stereocenters. The number of nitrogens with two attached hydrogens (primary N) is 1. The van der Waals surface area contributed by atoms with Crippen molar-refractivity contribution in [2.75, 3.05) is 0 Å². The zero-order valence-corrected chi connectivity index (χ0v) is 13.5. The van der Waals surface area contributed by atoms with E-state index < -0.39 is 0 Å². The molecular weight excluding hydrogens is 354 g/mol. The van der Waals surface area contributed by atoms with Crippen LogP contribution in [0.5, 0.6) is 0 Å². The average molecular weight is 369 g/mol. The van der Waals surface area contributed by atoms with Crippen LogP contribution in [-0.4, -0.2) is 0 Å². The van der Waals surface area contributed by atoms with Crippen molar-refractivity contribution in [1.82, 2.24) is 0 Å². The van der Waals surface area contributed by atoms with E-state index >= 15 is 0 Å². The smallest absolute Gasteiger partial charge is 0.0563 e. The molecule has 0 spiro atoms. The Labute approximate surface area is 125 Å². The maximum absolute atomic E-state index is 6.36. The third-order valence-electron chi connectivity index (χ3n) is 2.90. The molecule has 1 atom stereocenters. The summed E-state index contributed by atoms with van der Waals surface area (Å²) in [6, 6.07) is 12.4. The SMILES string of the molecule is Cc1cc(C)cc(C(N)c2ccc(Br)cc2Br)c1. The predicted molar refractivity (Wildman–Crippen MR) is 83.8 cm³/mol. The van der Waals surface area contributed by atoms with Crippen LogP contribution in [0.1, 0.15) is 28.3 Å². The van der Waals surface area contributed by atoms with E-state index in [1.54, 1.807) is 0 Å². The Bertz CT molecular complexity index is 558. The molecule has 1 nitrogen and oxygen atoms in total. The fraction of sp³-hybridized carbons (Fsp3) is 0.200. The van der Waals surface area contributed by atoms with Crippen LogP contribution in [0.4, 0.5) is 0 Å². The van der Waals surface area contributed by atoms with Gasteiger partial charge in [0, 0.05) is 8.95 Å². The molecule has 0 aromatic heterocycles. The van der Waals surface area contributed by atoms with E-state index in [9.17, 15) is 0 Å². The number of benzene rings is 2. The Morgan fingerprint density at radius 1 is 0.944 bits per heavy atom. The van der Waals surface area contributed by atoms with E-state index in [-0.39, 0.29) is 6.04 Å². The number of halogens is 2. The molecule has 2 rings (SSSR count). The highest BCUT2D eigenvalue weighted by molar-refractivity contribution is 9.11. The molecule has 2 aromatic rings. The summed E-state index contributed by atoms with van der Waals surface area (Å²) in [5.74, 6) is 0. The molecule has 3 heteroatoms. The second-order valence-electron chi connectivity index (χ2n) is 4.56. The summed E-state index contributed by atoms with van der Waals surface area (Å²) >= 11 is 7.03. The van der Waals surface area contributed by atoms with Gasteiger partial charge in [-0.1, -0.05) is 67.3 Å². The molecule has 0 fully saturated rings. The third-order valence-corrected chi connectivity index (χ3v) is 4.08. The fourth-order valence-electron chi connectivity index (χ4n) is 2.12. The fourth-order valence-corrected chi connectivity index (χ4v) is 3.42. The second-order valence-corrected chi connectivity index (χ2v) is 6.33. The van der Waals surface area contributed by atoms with E-state index in [1.807, 2.05) is 12.1 Å². The van der Waals surface area contributed by atoms with Gasteiger partial charge in [0.05, 0.1) is 6.04 Å². The van der Waals surface area contributed by atoms with Gasteiger partial charge >= 0.3 is 0 Å². The second kappa shape index (κ2) is 5.55. The van der Waals surface area contributed by atoms with Crippen molar-refractivity contribution in [2.24, 2.45) is 5.73 Å². The maximum atomic E-state index is 6.36. The Morgan fingerprint density at radius 3 is 2.11 bits per heavy atom. The van der Waals surface area contributed by atoms with Gasteiger partial charge in [0.2, 0.25) is 0 Å². The van der Waals surface area contributed by atoms with Crippen molar-refractivity contribution in [3.05, 3.63) is 67.6 Å². The van der Waals surface area contributed by atoms with E-state index in [1.165, 1.54) is 11.1 Å². The molecule has 2 N–H and O–H groups in total. The molecule has 0 amide bonds. The molecular formula is C15H15Br2N. The molecule has 0 saturated carbocycles. The topological polar surface area (TPSA) is 26.0 Å². The number of aryl methyl sites for hydroxylation is 2. The summed E-state index contributed by atoms with van der Waals surface area (Å²) in [6.07, 6.45) is 0. The molecule has 0 bridgehead atoms. The molecule has 0 radical (unpaired) electrons. The van der Waals surface area contributed by atoms with Crippen molar-refractivity contribution in [2.45, 2.75) is 19.9 Å². The Hall–Kier alpha value is -0.640. The summed E-state index contributed by atoms with van der Waals surface area (Å²) in [6.45, 7) is 4.19. The minimum absolute atomic E-state index is 0.105. The van der Waals surface area contributed by atoms with Crippen LogP contribution in [0.25, 0.3) is 0 Å². The van der Waals surface area contributed by atoms with E-state index in [0.717, 1.165) is 20.1 Å². The first-order valence-corrected chi connectivity index (χ1v) is 7.34. The quantitative estimate of drug-likeness (QED) is 0.803. The van der Waals surface area contributed by atoms with E-state index in [2.05, 4.69) is 70.0 Å². The minimum atomic E-state index is -0.105. The highest BCUT2D eigenvalue weighted by Gasteiger charge is 2.13. The monoisotopic (exact) mass is 367 g/mol. The number of rotatable bonds is 2. The van der Waals surface area contributed by atoms with Gasteiger partial charge in [-0.2, -0.15) is 0 Å². The zero-order chi connectivity index (χ0) is 13.3. The first kappa shape index (κ1) is 13.8. The third kappa shape index (κ3) is 3.02. The van der Waals surface area contributed by atoms with Crippen LogP contribution in [0, 0.1) is 13.8 Å². The van der Waals surface area contributed by atoms with Crippen LogP contribution in [0.15, 0.2) is 45.3 Å². The summed E-state index contributed by atoms with van der Waals surface area (Å²) in [4.78, 5) is 0.